The maximum atomic E-state index is 13.7. The van der Waals surface area contributed by atoms with Gasteiger partial charge in [0.2, 0.25) is 5.91 Å². The maximum Gasteiger partial charge on any atom is 0.253 e. The number of carbonyl (C=O) groups is 2. The molecule has 6 nitrogen and oxygen atoms in total. The molecule has 1 saturated heterocycles. The van der Waals surface area contributed by atoms with E-state index in [1.54, 1.807) is 24.0 Å². The number of benzene rings is 3. The smallest absolute Gasteiger partial charge is 0.253 e. The van der Waals surface area contributed by atoms with Gasteiger partial charge in [0.1, 0.15) is 11.9 Å². The molecule has 38 heavy (non-hydrogen) atoms. The van der Waals surface area contributed by atoms with Gasteiger partial charge >= 0.3 is 0 Å². The summed E-state index contributed by atoms with van der Waals surface area (Å²) in [5, 5.41) is 2.89. The molecule has 0 bridgehead atoms. The van der Waals surface area contributed by atoms with Gasteiger partial charge in [0.15, 0.2) is 6.23 Å². The van der Waals surface area contributed by atoms with Crippen LogP contribution in [0.1, 0.15) is 29.8 Å². The lowest BCUT2D eigenvalue weighted by atomic mass is 10.0. The fraction of sp³-hybridized carbons (Fsp3) is 0.200. The van der Waals surface area contributed by atoms with Crippen LogP contribution in [0.4, 0.5) is 10.1 Å². The van der Waals surface area contributed by atoms with Gasteiger partial charge in [-0.1, -0.05) is 40.2 Å². The Morgan fingerprint density at radius 1 is 1.03 bits per heavy atom. The van der Waals surface area contributed by atoms with Gasteiger partial charge in [0, 0.05) is 45.9 Å². The number of ether oxygens (including phenoxy) is 1. The summed E-state index contributed by atoms with van der Waals surface area (Å²) >= 11 is 3.48. The van der Waals surface area contributed by atoms with E-state index in [2.05, 4.69) is 21.2 Å². The lowest BCUT2D eigenvalue weighted by Crippen LogP contribution is -2.32. The molecule has 0 spiro atoms. The van der Waals surface area contributed by atoms with Crippen LogP contribution in [-0.2, 0) is 27.2 Å². The van der Waals surface area contributed by atoms with Crippen LogP contribution in [0.2, 0.25) is 0 Å². The molecule has 1 aromatic heterocycles. The fourth-order valence-corrected chi connectivity index (χ4v) is 5.37. The van der Waals surface area contributed by atoms with Crippen molar-refractivity contribution in [3.05, 3.63) is 106 Å². The zero-order valence-corrected chi connectivity index (χ0v) is 22.2. The highest BCUT2D eigenvalue weighted by Crippen LogP contribution is 2.39. The minimum atomic E-state index is -0.594. The highest BCUT2D eigenvalue weighted by atomic mass is 79.9. The van der Waals surface area contributed by atoms with E-state index < -0.39 is 12.3 Å². The maximum absolute atomic E-state index is 13.7. The van der Waals surface area contributed by atoms with Crippen LogP contribution in [-0.4, -0.2) is 33.9 Å². The summed E-state index contributed by atoms with van der Waals surface area (Å²) in [7, 11) is 0. The summed E-state index contributed by atoms with van der Waals surface area (Å²) in [6.45, 7) is 2.22. The fourth-order valence-electron chi connectivity index (χ4n) is 5.11. The number of nitrogens with zero attached hydrogens (tertiary/aromatic N) is 2. The number of anilines is 1. The first-order valence-electron chi connectivity index (χ1n) is 12.5. The Kier molecular flexibility index (Phi) is 6.37. The van der Waals surface area contributed by atoms with E-state index in [4.69, 9.17) is 4.74 Å². The molecule has 2 amide bonds. The Morgan fingerprint density at radius 3 is 2.55 bits per heavy atom. The molecule has 3 aromatic carbocycles. The van der Waals surface area contributed by atoms with Crippen LogP contribution in [0.3, 0.4) is 0 Å². The largest absolute Gasteiger partial charge is 0.341 e. The van der Waals surface area contributed by atoms with E-state index >= 15 is 0 Å². The third-order valence-corrected chi connectivity index (χ3v) is 7.62. The van der Waals surface area contributed by atoms with Crippen LogP contribution in [0.15, 0.2) is 83.6 Å². The van der Waals surface area contributed by atoms with Crippen molar-refractivity contribution in [2.45, 2.75) is 32.1 Å². The number of aromatic nitrogens is 1. The van der Waals surface area contributed by atoms with E-state index in [-0.39, 0.29) is 17.6 Å². The SMILES string of the molecule is C[C@@H]1O[C@H](c2cn(-c3ccc(Br)cc3)cc2-c2ccc(F)cc2)N(CCc2ccc3c(c2)NC(=O)C3)C1=O. The quantitative estimate of drug-likeness (QED) is 0.306. The average Bonchev–Trinajstić information content (AvgIpc) is 3.58. The molecule has 2 aliphatic heterocycles. The highest BCUT2D eigenvalue weighted by molar-refractivity contribution is 9.10. The Hall–Kier alpha value is -3.75. The Balaban J connectivity index is 1.34. The van der Waals surface area contributed by atoms with Crippen molar-refractivity contribution < 1.29 is 18.7 Å². The first-order chi connectivity index (χ1) is 18.4. The predicted molar refractivity (Wildman–Crippen MR) is 146 cm³/mol. The van der Waals surface area contributed by atoms with E-state index in [1.165, 1.54) is 12.1 Å². The molecule has 0 radical (unpaired) electrons. The number of amides is 2. The third kappa shape index (κ3) is 4.66. The molecule has 0 saturated carbocycles. The van der Waals surface area contributed by atoms with Gasteiger partial charge in [-0.25, -0.2) is 4.39 Å². The number of hydrogen-bond acceptors (Lipinski definition) is 3. The van der Waals surface area contributed by atoms with Crippen LogP contribution in [0.5, 0.6) is 0 Å². The van der Waals surface area contributed by atoms with Crippen LogP contribution in [0, 0.1) is 5.82 Å². The summed E-state index contributed by atoms with van der Waals surface area (Å²) in [4.78, 5) is 26.7. The van der Waals surface area contributed by atoms with E-state index in [0.717, 1.165) is 43.7 Å². The van der Waals surface area contributed by atoms with Crippen molar-refractivity contribution in [1.82, 2.24) is 9.47 Å². The van der Waals surface area contributed by atoms with Gasteiger partial charge in [-0.05, 0) is 72.5 Å². The van der Waals surface area contributed by atoms with Gasteiger partial charge in [0.05, 0.1) is 6.42 Å². The normalized spacial score (nSPS) is 18.7. The standard InChI is InChI=1S/C30H25BrFN3O3/c1-18-29(37)35(13-12-19-2-3-21-15-28(36)33-27(21)14-19)30(38-18)26-17-34(24-10-6-22(31)7-11-24)16-25(26)20-4-8-23(32)9-5-20/h2-11,14,16-18,30H,12-13,15H2,1H3,(H,33,36)/t18-,30+/m0/s1. The van der Waals surface area contributed by atoms with Crippen LogP contribution in [0.25, 0.3) is 16.8 Å². The van der Waals surface area contributed by atoms with Crippen molar-refractivity contribution in [2.24, 2.45) is 0 Å². The molecule has 2 aliphatic rings. The third-order valence-electron chi connectivity index (χ3n) is 7.09. The average molecular weight is 574 g/mol. The molecule has 1 N–H and O–H groups in total. The highest BCUT2D eigenvalue weighted by Gasteiger charge is 2.40. The Morgan fingerprint density at radius 2 is 1.79 bits per heavy atom. The molecular formula is C30H25BrFN3O3. The van der Waals surface area contributed by atoms with Crippen molar-refractivity contribution in [3.8, 4) is 16.8 Å². The number of fused-ring (bicyclic) bond motifs is 1. The van der Waals surface area contributed by atoms with E-state index in [9.17, 15) is 14.0 Å². The van der Waals surface area contributed by atoms with Crippen molar-refractivity contribution in [2.75, 3.05) is 11.9 Å². The van der Waals surface area contributed by atoms with Crippen molar-refractivity contribution >= 4 is 33.4 Å². The lowest BCUT2D eigenvalue weighted by molar-refractivity contribution is -0.130. The van der Waals surface area contributed by atoms with Crippen LogP contribution < -0.4 is 5.32 Å². The van der Waals surface area contributed by atoms with E-state index in [0.29, 0.717) is 19.4 Å². The summed E-state index contributed by atoms with van der Waals surface area (Å²) < 4.78 is 22.9. The second-order valence-corrected chi connectivity index (χ2v) is 10.6. The number of nitrogens with one attached hydrogen (secondary N) is 1. The van der Waals surface area contributed by atoms with Gasteiger partial charge < -0.3 is 19.5 Å². The minimum Gasteiger partial charge on any atom is -0.341 e. The molecule has 4 aromatic rings. The molecule has 0 unspecified atom stereocenters. The van der Waals surface area contributed by atoms with Crippen molar-refractivity contribution in [1.29, 1.82) is 0 Å². The Labute approximate surface area is 228 Å². The molecule has 0 aliphatic carbocycles. The van der Waals surface area contributed by atoms with Gasteiger partial charge in [-0.2, -0.15) is 0 Å². The van der Waals surface area contributed by atoms with Gasteiger partial charge in [-0.3, -0.25) is 9.59 Å². The molecular weight excluding hydrogens is 549 g/mol. The van der Waals surface area contributed by atoms with Gasteiger partial charge in [0.25, 0.3) is 5.91 Å². The molecule has 2 atom stereocenters. The summed E-state index contributed by atoms with van der Waals surface area (Å²) in [5.74, 6) is -0.389. The first-order valence-corrected chi connectivity index (χ1v) is 13.3. The zero-order chi connectivity index (χ0) is 26.4. The number of carbonyl (C=O) groups excluding carboxylic acids is 2. The lowest BCUT2D eigenvalue weighted by Gasteiger charge is -2.24. The summed E-state index contributed by atoms with van der Waals surface area (Å²) in [6.07, 6.45) is 3.80. The second kappa shape index (κ2) is 9.85. The predicted octanol–water partition coefficient (Wildman–Crippen LogP) is 6.03. The summed E-state index contributed by atoms with van der Waals surface area (Å²) in [6, 6.07) is 20.2. The minimum absolute atomic E-state index is 0.00207. The second-order valence-electron chi connectivity index (χ2n) is 9.65. The Bertz CT molecular complexity index is 1530. The zero-order valence-electron chi connectivity index (χ0n) is 20.7. The van der Waals surface area contributed by atoms with E-state index in [1.807, 2.05) is 59.4 Å². The molecule has 3 heterocycles. The number of hydrogen-bond donors (Lipinski definition) is 1. The number of halogens is 2. The topological polar surface area (TPSA) is 63.6 Å². The van der Waals surface area contributed by atoms with Gasteiger partial charge in [-0.15, -0.1) is 0 Å². The number of rotatable bonds is 6. The van der Waals surface area contributed by atoms with Crippen LogP contribution >= 0.6 is 15.9 Å². The first kappa shape index (κ1) is 24.6. The monoisotopic (exact) mass is 573 g/mol. The summed E-state index contributed by atoms with van der Waals surface area (Å²) in [5.41, 5.74) is 6.34. The molecule has 8 heteroatoms. The molecule has 1 fully saturated rings. The molecule has 192 valence electrons. The molecule has 6 rings (SSSR count). The van der Waals surface area contributed by atoms with Crippen molar-refractivity contribution in [3.63, 3.8) is 0 Å².